The zero-order chi connectivity index (χ0) is 30.1. The number of ketones is 1. The molecule has 0 bridgehead atoms. The lowest BCUT2D eigenvalue weighted by molar-refractivity contribution is -0.158. The molecule has 1 fully saturated rings. The van der Waals surface area contributed by atoms with E-state index in [4.69, 9.17) is 5.10 Å². The first kappa shape index (κ1) is 28.8. The maximum absolute atomic E-state index is 14.5. The molecule has 1 atom stereocenters. The fourth-order valence-corrected chi connectivity index (χ4v) is 6.30. The minimum absolute atomic E-state index is 0.0510. The van der Waals surface area contributed by atoms with Gasteiger partial charge in [-0.3, -0.25) is 9.48 Å². The number of alkyl halides is 5. The van der Waals surface area contributed by atoms with Gasteiger partial charge in [0.15, 0.2) is 0 Å². The number of hydrogen-bond acceptors (Lipinski definition) is 5. The minimum atomic E-state index is -4.60. The van der Waals surface area contributed by atoms with Crippen LogP contribution in [0.4, 0.5) is 27.8 Å². The van der Waals surface area contributed by atoms with Crippen LogP contribution in [-0.2, 0) is 11.2 Å². The van der Waals surface area contributed by atoms with Crippen molar-refractivity contribution in [1.29, 1.82) is 0 Å². The van der Waals surface area contributed by atoms with Gasteiger partial charge in [0.25, 0.3) is 0 Å². The predicted molar refractivity (Wildman–Crippen MR) is 150 cm³/mol. The van der Waals surface area contributed by atoms with Crippen molar-refractivity contribution >= 4 is 11.6 Å². The molecule has 0 spiro atoms. The molecule has 2 aromatic carbocycles. The number of anilines is 1. The first-order chi connectivity index (χ1) is 20.7. The number of carbonyl (C=O) groups is 1. The summed E-state index contributed by atoms with van der Waals surface area (Å²) in [7, 11) is 0. The van der Waals surface area contributed by atoms with Gasteiger partial charge in [0.05, 0.1) is 23.5 Å². The first-order valence-corrected chi connectivity index (χ1v) is 14.1. The highest BCUT2D eigenvalue weighted by molar-refractivity contribution is 5.84. The second-order valence-corrected chi connectivity index (χ2v) is 10.9. The quantitative estimate of drug-likeness (QED) is 0.214. The summed E-state index contributed by atoms with van der Waals surface area (Å²) in [5, 5.41) is 4.95. The van der Waals surface area contributed by atoms with Gasteiger partial charge in [-0.25, -0.2) is 4.98 Å². The van der Waals surface area contributed by atoms with Crippen LogP contribution in [0, 0.1) is 0 Å². The van der Waals surface area contributed by atoms with E-state index < -0.39 is 37.0 Å². The fourth-order valence-electron chi connectivity index (χ4n) is 6.30. The maximum Gasteiger partial charge on any atom is 0.396 e. The molecular formula is C32H29F5N4O2. The smallest absolute Gasteiger partial charge is 0.396 e. The third kappa shape index (κ3) is 5.98. The van der Waals surface area contributed by atoms with E-state index in [0.29, 0.717) is 43.1 Å². The fraction of sp³-hybridized carbons (Fsp3) is 0.344. The number of Topliss-reactive ketones (excluding diaryl/α,β-unsaturated/α-hetero) is 1. The van der Waals surface area contributed by atoms with Crippen LogP contribution in [0.5, 0.6) is 5.75 Å². The zero-order valence-corrected chi connectivity index (χ0v) is 23.1. The Labute approximate surface area is 245 Å². The Morgan fingerprint density at radius 3 is 2.05 bits per heavy atom. The molecule has 1 aliphatic carbocycles. The van der Waals surface area contributed by atoms with E-state index in [1.165, 1.54) is 12.3 Å². The molecule has 0 amide bonds. The number of fused-ring (bicyclic) bond motifs is 1. The number of halogens is 5. The van der Waals surface area contributed by atoms with Gasteiger partial charge >= 0.3 is 12.8 Å². The van der Waals surface area contributed by atoms with Gasteiger partial charge < -0.3 is 9.64 Å². The van der Waals surface area contributed by atoms with E-state index in [1.54, 1.807) is 10.7 Å². The average Bonchev–Trinajstić information content (AvgIpc) is 3.36. The summed E-state index contributed by atoms with van der Waals surface area (Å²) in [6.45, 7) is -1.97. The lowest BCUT2D eigenvalue weighted by Crippen LogP contribution is -2.35. The normalized spacial score (nSPS) is 17.9. The molecule has 43 heavy (non-hydrogen) atoms. The highest BCUT2D eigenvalue weighted by Crippen LogP contribution is 2.48. The third-order valence-electron chi connectivity index (χ3n) is 8.25. The molecule has 3 heterocycles. The number of aromatic nitrogens is 3. The molecule has 2 aromatic heterocycles. The summed E-state index contributed by atoms with van der Waals surface area (Å²) < 4.78 is 74.6. The Morgan fingerprint density at radius 1 is 0.884 bits per heavy atom. The summed E-state index contributed by atoms with van der Waals surface area (Å²) in [5.41, 5.74) is 2.56. The lowest BCUT2D eigenvalue weighted by atomic mass is 9.79. The third-order valence-corrected chi connectivity index (χ3v) is 8.25. The number of piperidine rings is 1. The molecule has 0 radical (unpaired) electrons. The van der Waals surface area contributed by atoms with E-state index in [1.807, 2.05) is 65.6 Å². The van der Waals surface area contributed by atoms with Crippen LogP contribution in [0.1, 0.15) is 65.2 Å². The van der Waals surface area contributed by atoms with E-state index in [-0.39, 0.29) is 23.7 Å². The summed E-state index contributed by atoms with van der Waals surface area (Å²) in [5.74, 6) is -2.12. The lowest BCUT2D eigenvalue weighted by Gasteiger charge is -2.33. The Hall–Kier alpha value is -4.28. The first-order valence-electron chi connectivity index (χ1n) is 14.1. The summed E-state index contributed by atoms with van der Waals surface area (Å²) in [6, 6.07) is 21.4. The highest BCUT2D eigenvalue weighted by Gasteiger charge is 2.49. The van der Waals surface area contributed by atoms with Crippen molar-refractivity contribution in [2.24, 2.45) is 0 Å². The Kier molecular flexibility index (Phi) is 7.89. The standard InChI is InChI=1S/C32H29F5N4O2/c33-31(34)43-24-11-12-27(38-19-24)40-15-13-20(14-16-40)29-28-25(32(35,36)37)17-23(42)18-26(28)41(39-29)30(21-7-3-1-4-8-21)22-9-5-2-6-10-22/h1-12,19-20,25,30-31H,13-18H2. The van der Waals surface area contributed by atoms with Crippen molar-refractivity contribution < 1.29 is 31.5 Å². The van der Waals surface area contributed by atoms with Crippen molar-refractivity contribution in [3.63, 3.8) is 0 Å². The molecule has 1 aliphatic heterocycles. The Morgan fingerprint density at radius 2 is 1.51 bits per heavy atom. The van der Waals surface area contributed by atoms with Crippen molar-refractivity contribution in [2.45, 2.75) is 56.3 Å². The van der Waals surface area contributed by atoms with Gasteiger partial charge in [-0.15, -0.1) is 0 Å². The number of carbonyl (C=O) groups excluding carboxylic acids is 1. The van der Waals surface area contributed by atoms with Crippen molar-refractivity contribution in [1.82, 2.24) is 14.8 Å². The number of pyridine rings is 1. The van der Waals surface area contributed by atoms with Crippen molar-refractivity contribution in [3.8, 4) is 5.75 Å². The van der Waals surface area contributed by atoms with Gasteiger partial charge in [0.1, 0.15) is 23.4 Å². The second-order valence-electron chi connectivity index (χ2n) is 10.9. The SMILES string of the molecule is O=C1Cc2c(c(C3CCN(c4ccc(OC(F)F)cn4)CC3)nn2C(c2ccccc2)c2ccccc2)C(C(F)(F)F)C1. The molecule has 4 aromatic rings. The van der Waals surface area contributed by atoms with E-state index in [0.717, 1.165) is 11.1 Å². The van der Waals surface area contributed by atoms with Crippen LogP contribution < -0.4 is 9.64 Å². The van der Waals surface area contributed by atoms with Crippen LogP contribution >= 0.6 is 0 Å². The van der Waals surface area contributed by atoms with Gasteiger partial charge in [-0.2, -0.15) is 27.1 Å². The summed E-state index contributed by atoms with van der Waals surface area (Å²) in [6.07, 6.45) is -3.05. The number of nitrogens with zero attached hydrogens (tertiary/aromatic N) is 4. The molecule has 1 saturated heterocycles. The maximum atomic E-state index is 14.5. The molecule has 224 valence electrons. The van der Waals surface area contributed by atoms with Crippen molar-refractivity contribution in [3.05, 3.63) is 107 Å². The Bertz CT molecular complexity index is 1510. The zero-order valence-electron chi connectivity index (χ0n) is 23.1. The number of benzene rings is 2. The monoisotopic (exact) mass is 596 g/mol. The molecule has 2 aliphatic rings. The van der Waals surface area contributed by atoms with Crippen LogP contribution in [-0.4, -0.2) is 46.4 Å². The highest BCUT2D eigenvalue weighted by atomic mass is 19.4. The van der Waals surface area contributed by atoms with Crippen molar-refractivity contribution in [2.75, 3.05) is 18.0 Å². The summed E-state index contributed by atoms with van der Waals surface area (Å²) >= 11 is 0. The van der Waals surface area contributed by atoms with Gasteiger partial charge in [0, 0.05) is 37.4 Å². The van der Waals surface area contributed by atoms with Gasteiger partial charge in [-0.05, 0) is 36.1 Å². The molecular weight excluding hydrogens is 567 g/mol. The molecule has 6 rings (SSSR count). The van der Waals surface area contributed by atoms with Crippen LogP contribution in [0.2, 0.25) is 0 Å². The van der Waals surface area contributed by atoms with Crippen LogP contribution in [0.3, 0.4) is 0 Å². The van der Waals surface area contributed by atoms with E-state index >= 15 is 0 Å². The Balaban J connectivity index is 1.38. The molecule has 0 saturated carbocycles. The number of ether oxygens (including phenoxy) is 1. The van der Waals surface area contributed by atoms with E-state index in [9.17, 15) is 26.7 Å². The number of rotatable bonds is 7. The predicted octanol–water partition coefficient (Wildman–Crippen LogP) is 7.06. The molecule has 0 N–H and O–H groups in total. The molecule has 11 heteroatoms. The minimum Gasteiger partial charge on any atom is -0.433 e. The van der Waals surface area contributed by atoms with Gasteiger partial charge in [0.2, 0.25) is 0 Å². The van der Waals surface area contributed by atoms with Gasteiger partial charge in [-0.1, -0.05) is 60.7 Å². The molecule has 6 nitrogen and oxygen atoms in total. The second kappa shape index (κ2) is 11.8. The average molecular weight is 597 g/mol. The van der Waals surface area contributed by atoms with Crippen LogP contribution in [0.25, 0.3) is 0 Å². The molecule has 1 unspecified atom stereocenters. The van der Waals surface area contributed by atoms with Crippen LogP contribution in [0.15, 0.2) is 79.0 Å². The summed E-state index contributed by atoms with van der Waals surface area (Å²) in [4.78, 5) is 19.0. The largest absolute Gasteiger partial charge is 0.433 e. The topological polar surface area (TPSA) is 60.3 Å². The number of hydrogen-bond donors (Lipinski definition) is 0. The van der Waals surface area contributed by atoms with E-state index in [2.05, 4.69) is 9.72 Å².